The van der Waals surface area contributed by atoms with Gasteiger partial charge in [0, 0.05) is 18.5 Å². The van der Waals surface area contributed by atoms with Crippen molar-refractivity contribution in [3.8, 4) is 22.6 Å². The lowest BCUT2D eigenvalue weighted by molar-refractivity contribution is 0.111. The minimum absolute atomic E-state index is 0.243. The first-order chi connectivity index (χ1) is 15.1. The number of carbonyl (C=O) groups excluding carboxylic acids is 1. The fourth-order valence-corrected chi connectivity index (χ4v) is 3.78. The summed E-state index contributed by atoms with van der Waals surface area (Å²) in [6, 6.07) is 15.6. The van der Waals surface area contributed by atoms with Crippen molar-refractivity contribution < 1.29 is 9.21 Å². The third kappa shape index (κ3) is 4.36. The Kier molecular flexibility index (Phi) is 6.13. The first-order valence-electron chi connectivity index (χ1n) is 10.0. The zero-order valence-electron chi connectivity index (χ0n) is 17.0. The summed E-state index contributed by atoms with van der Waals surface area (Å²) < 4.78 is 7.01. The monoisotopic (exact) mass is 436 g/mol. The van der Waals surface area contributed by atoms with Crippen molar-refractivity contribution in [1.82, 2.24) is 19.7 Å². The molecule has 0 amide bonds. The molecule has 2 aromatic heterocycles. The Morgan fingerprint density at radius 2 is 1.87 bits per heavy atom. The number of aromatic nitrogens is 4. The van der Waals surface area contributed by atoms with Crippen molar-refractivity contribution in [3.63, 3.8) is 0 Å². The Hall–Kier alpha value is -3.45. The highest BCUT2D eigenvalue weighted by atomic mass is 35.5. The second-order valence-electron chi connectivity index (χ2n) is 7.17. The van der Waals surface area contributed by atoms with E-state index in [-0.39, 0.29) is 11.0 Å². The van der Waals surface area contributed by atoms with E-state index < -0.39 is 5.76 Å². The molecule has 0 unspecified atom stereocenters. The van der Waals surface area contributed by atoms with Gasteiger partial charge >= 0.3 is 5.76 Å². The Labute approximate surface area is 183 Å². The van der Waals surface area contributed by atoms with Gasteiger partial charge in [-0.1, -0.05) is 67.4 Å². The van der Waals surface area contributed by atoms with Crippen LogP contribution in [0.15, 0.2) is 57.7 Å². The largest absolute Gasteiger partial charge is 0.434 e. The molecule has 0 saturated carbocycles. The van der Waals surface area contributed by atoms with E-state index in [0.717, 1.165) is 53.6 Å². The molecule has 7 nitrogen and oxygen atoms in total. The molecule has 31 heavy (non-hydrogen) atoms. The van der Waals surface area contributed by atoms with Crippen molar-refractivity contribution >= 4 is 17.9 Å². The summed E-state index contributed by atoms with van der Waals surface area (Å²) in [5.41, 5.74) is 3.99. The van der Waals surface area contributed by atoms with Gasteiger partial charge in [-0.3, -0.25) is 4.79 Å². The smallest absolute Gasteiger partial charge is 0.388 e. The van der Waals surface area contributed by atoms with Crippen LogP contribution in [0.25, 0.3) is 22.6 Å². The summed E-state index contributed by atoms with van der Waals surface area (Å²) in [4.78, 5) is 27.3. The molecule has 0 aliphatic heterocycles. The Morgan fingerprint density at radius 3 is 2.52 bits per heavy atom. The maximum atomic E-state index is 11.6. The summed E-state index contributed by atoms with van der Waals surface area (Å²) >= 11 is 6.18. The molecule has 4 rings (SSSR count). The third-order valence-electron chi connectivity index (χ3n) is 5.11. The van der Waals surface area contributed by atoms with Crippen LogP contribution in [0.1, 0.15) is 41.6 Å². The summed E-state index contributed by atoms with van der Waals surface area (Å²) in [5.74, 6) is 0.467. The van der Waals surface area contributed by atoms with Crippen LogP contribution in [0, 0.1) is 0 Å². The number of hydrogen-bond donors (Lipinski definition) is 1. The molecule has 4 aromatic rings. The summed E-state index contributed by atoms with van der Waals surface area (Å²) in [6.07, 6.45) is 3.53. The number of carbonyl (C=O) groups is 1. The van der Waals surface area contributed by atoms with Gasteiger partial charge in [0.15, 0.2) is 11.4 Å². The second-order valence-corrected chi connectivity index (χ2v) is 7.53. The predicted octanol–water partition coefficient (Wildman–Crippen LogP) is 4.75. The number of benzene rings is 2. The maximum Gasteiger partial charge on any atom is 0.434 e. The van der Waals surface area contributed by atoms with Crippen LogP contribution >= 0.6 is 11.6 Å². The fraction of sp³-hybridized carbons (Fsp3) is 0.217. The standard InChI is InChI=1S/C23H21ClN4O3/c1-2-3-8-20-25-21(24)19(14-29)28(20)13-15-9-11-16(12-10-15)17-6-4-5-7-18(17)22-26-27-23(30)31-22/h4-7,9-12,14H,2-3,8,13H2,1H3,(H,27,30). The molecule has 0 bridgehead atoms. The third-order valence-corrected chi connectivity index (χ3v) is 5.39. The number of halogens is 1. The summed E-state index contributed by atoms with van der Waals surface area (Å²) in [6.45, 7) is 2.61. The number of aromatic amines is 1. The van der Waals surface area contributed by atoms with Gasteiger partial charge in [0.25, 0.3) is 0 Å². The van der Waals surface area contributed by atoms with E-state index in [9.17, 15) is 9.59 Å². The Morgan fingerprint density at radius 1 is 1.13 bits per heavy atom. The van der Waals surface area contributed by atoms with Crippen molar-refractivity contribution in [2.75, 3.05) is 0 Å². The van der Waals surface area contributed by atoms with E-state index in [2.05, 4.69) is 22.1 Å². The highest BCUT2D eigenvalue weighted by Crippen LogP contribution is 2.30. The van der Waals surface area contributed by atoms with Crippen molar-refractivity contribution in [1.29, 1.82) is 0 Å². The molecular formula is C23H21ClN4O3. The van der Waals surface area contributed by atoms with Gasteiger partial charge in [-0.15, -0.1) is 5.10 Å². The molecule has 2 aromatic carbocycles. The maximum absolute atomic E-state index is 11.6. The van der Waals surface area contributed by atoms with E-state index in [1.54, 1.807) is 0 Å². The lowest BCUT2D eigenvalue weighted by Gasteiger charge is -2.11. The van der Waals surface area contributed by atoms with E-state index in [4.69, 9.17) is 16.0 Å². The number of H-pyrrole nitrogens is 1. The number of imidazole rings is 1. The van der Waals surface area contributed by atoms with Gasteiger partial charge in [-0.05, 0) is 29.2 Å². The molecule has 0 saturated heterocycles. The van der Waals surface area contributed by atoms with Crippen LogP contribution < -0.4 is 5.76 Å². The molecule has 0 aliphatic rings. The summed E-state index contributed by atoms with van der Waals surface area (Å²) in [5, 5.41) is 6.48. The van der Waals surface area contributed by atoms with Gasteiger partial charge in [-0.2, -0.15) is 0 Å². The van der Waals surface area contributed by atoms with Gasteiger partial charge in [0.1, 0.15) is 11.5 Å². The highest BCUT2D eigenvalue weighted by Gasteiger charge is 2.16. The number of nitrogens with zero attached hydrogens (tertiary/aromatic N) is 3. The van der Waals surface area contributed by atoms with Gasteiger partial charge in [0.05, 0.1) is 0 Å². The Balaban J connectivity index is 1.64. The van der Waals surface area contributed by atoms with E-state index in [1.807, 2.05) is 53.1 Å². The van der Waals surface area contributed by atoms with Crippen molar-refractivity contribution in [2.45, 2.75) is 32.7 Å². The van der Waals surface area contributed by atoms with Gasteiger partial charge < -0.3 is 8.98 Å². The van der Waals surface area contributed by atoms with Gasteiger partial charge in [-0.25, -0.2) is 14.9 Å². The molecular weight excluding hydrogens is 416 g/mol. The van der Waals surface area contributed by atoms with E-state index >= 15 is 0 Å². The van der Waals surface area contributed by atoms with Crippen LogP contribution in [0.3, 0.4) is 0 Å². The lowest BCUT2D eigenvalue weighted by Crippen LogP contribution is -2.08. The van der Waals surface area contributed by atoms with Crippen LogP contribution in [0.2, 0.25) is 5.15 Å². The van der Waals surface area contributed by atoms with Crippen molar-refractivity contribution in [3.05, 3.63) is 81.3 Å². The first kappa shape index (κ1) is 20.8. The molecule has 8 heteroatoms. The van der Waals surface area contributed by atoms with Crippen LogP contribution in [0.4, 0.5) is 0 Å². The van der Waals surface area contributed by atoms with Crippen LogP contribution in [-0.4, -0.2) is 26.0 Å². The SMILES string of the molecule is CCCCc1nc(Cl)c(C=O)n1Cc1ccc(-c2ccccc2-c2n[nH]c(=O)o2)cc1. The highest BCUT2D eigenvalue weighted by molar-refractivity contribution is 6.31. The number of hydrogen-bond acceptors (Lipinski definition) is 5. The second kappa shape index (κ2) is 9.14. The number of rotatable bonds is 8. The normalized spacial score (nSPS) is 11.0. The minimum atomic E-state index is -0.594. The van der Waals surface area contributed by atoms with Gasteiger partial charge in [0.2, 0.25) is 5.89 Å². The molecule has 158 valence electrons. The molecule has 0 fully saturated rings. The average Bonchev–Trinajstić information content (AvgIpc) is 3.35. The first-order valence-corrected chi connectivity index (χ1v) is 10.4. The fourth-order valence-electron chi connectivity index (χ4n) is 3.53. The topological polar surface area (TPSA) is 93.8 Å². The number of unbranched alkanes of at least 4 members (excludes halogenated alkanes) is 1. The molecule has 0 atom stereocenters. The zero-order valence-corrected chi connectivity index (χ0v) is 17.7. The average molecular weight is 437 g/mol. The van der Waals surface area contributed by atoms with E-state index in [1.165, 1.54) is 0 Å². The minimum Gasteiger partial charge on any atom is -0.388 e. The molecule has 0 radical (unpaired) electrons. The molecule has 2 heterocycles. The quantitative estimate of drug-likeness (QED) is 0.402. The Bertz CT molecular complexity index is 1250. The number of aldehydes is 1. The predicted molar refractivity (Wildman–Crippen MR) is 118 cm³/mol. The number of aryl methyl sites for hydroxylation is 1. The molecule has 0 spiro atoms. The molecule has 1 N–H and O–H groups in total. The van der Waals surface area contributed by atoms with E-state index in [0.29, 0.717) is 12.2 Å². The van der Waals surface area contributed by atoms with Crippen molar-refractivity contribution in [2.24, 2.45) is 0 Å². The number of nitrogens with one attached hydrogen (secondary N) is 1. The van der Waals surface area contributed by atoms with Crippen LogP contribution in [0.5, 0.6) is 0 Å². The molecule has 0 aliphatic carbocycles. The summed E-state index contributed by atoms with van der Waals surface area (Å²) in [7, 11) is 0. The lowest BCUT2D eigenvalue weighted by atomic mass is 9.98. The zero-order chi connectivity index (χ0) is 21.8. The van der Waals surface area contributed by atoms with Crippen LogP contribution in [-0.2, 0) is 13.0 Å².